The van der Waals surface area contributed by atoms with Crippen LogP contribution in [0.5, 0.6) is 11.8 Å². The first kappa shape index (κ1) is 10.5. The first-order valence-electron chi connectivity index (χ1n) is 5.28. The van der Waals surface area contributed by atoms with E-state index in [4.69, 9.17) is 10.5 Å². The van der Waals surface area contributed by atoms with E-state index in [2.05, 4.69) is 25.3 Å². The number of aryl methyl sites for hydroxylation is 2. The van der Waals surface area contributed by atoms with Crippen molar-refractivity contribution >= 4 is 17.0 Å². The molecule has 3 N–H and O–H groups in total. The lowest BCUT2D eigenvalue weighted by Crippen LogP contribution is -2.00. The molecule has 0 radical (unpaired) electrons. The molecule has 0 aliphatic heterocycles. The van der Waals surface area contributed by atoms with Gasteiger partial charge in [-0.3, -0.25) is 5.10 Å². The number of hydrogen-bond acceptors (Lipinski definition) is 6. The summed E-state index contributed by atoms with van der Waals surface area (Å²) in [4.78, 5) is 8.07. The second-order valence-electron chi connectivity index (χ2n) is 3.87. The van der Waals surface area contributed by atoms with Crippen molar-refractivity contribution in [1.82, 2.24) is 29.9 Å². The van der Waals surface area contributed by atoms with E-state index in [-0.39, 0.29) is 5.95 Å². The molecule has 18 heavy (non-hydrogen) atoms. The topological polar surface area (TPSA) is 108 Å². The standard InChI is InChI=1S/C10H11N7O/c1-5-3-7(17(2)16-5)18-9-6-4-12-15-8(6)13-10(11)14-9/h3-4H,1-2H3,(H3,11,12,13,14,15). The number of nitrogens with zero attached hydrogens (tertiary/aromatic N) is 5. The van der Waals surface area contributed by atoms with Gasteiger partial charge in [-0.25, -0.2) is 4.68 Å². The highest BCUT2D eigenvalue weighted by Gasteiger charge is 2.12. The maximum absolute atomic E-state index is 5.69. The van der Waals surface area contributed by atoms with Gasteiger partial charge in [-0.2, -0.15) is 20.2 Å². The van der Waals surface area contributed by atoms with E-state index in [0.29, 0.717) is 22.8 Å². The molecule has 0 saturated carbocycles. The molecule has 0 aliphatic rings. The van der Waals surface area contributed by atoms with Crippen molar-refractivity contribution < 1.29 is 4.74 Å². The Morgan fingerprint density at radius 2 is 2.22 bits per heavy atom. The van der Waals surface area contributed by atoms with Crippen LogP contribution >= 0.6 is 0 Å². The summed E-state index contributed by atoms with van der Waals surface area (Å²) in [6, 6.07) is 1.81. The molecular formula is C10H11N7O. The number of aromatic nitrogens is 6. The van der Waals surface area contributed by atoms with Crippen LogP contribution in [0.15, 0.2) is 12.3 Å². The first-order chi connectivity index (χ1) is 8.63. The number of nitrogen functional groups attached to an aromatic ring is 1. The summed E-state index contributed by atoms with van der Waals surface area (Å²) in [6.45, 7) is 1.88. The van der Waals surface area contributed by atoms with Crippen LogP contribution in [0.25, 0.3) is 11.0 Å². The summed E-state index contributed by atoms with van der Waals surface area (Å²) < 4.78 is 7.32. The Morgan fingerprint density at radius 3 is 2.94 bits per heavy atom. The zero-order valence-electron chi connectivity index (χ0n) is 9.88. The van der Waals surface area contributed by atoms with Crippen LogP contribution in [-0.4, -0.2) is 29.9 Å². The van der Waals surface area contributed by atoms with Gasteiger partial charge in [0, 0.05) is 13.1 Å². The Kier molecular flexibility index (Phi) is 2.15. The molecule has 0 amide bonds. The Balaban J connectivity index is 2.09. The molecule has 92 valence electrons. The Morgan fingerprint density at radius 1 is 1.39 bits per heavy atom. The molecule has 3 heterocycles. The molecule has 8 heteroatoms. The molecule has 3 aromatic heterocycles. The molecule has 0 atom stereocenters. The van der Waals surface area contributed by atoms with Crippen molar-refractivity contribution in [2.45, 2.75) is 6.92 Å². The molecule has 0 fully saturated rings. The normalized spacial score (nSPS) is 11.0. The molecule has 0 unspecified atom stereocenters. The molecule has 0 bridgehead atoms. The van der Waals surface area contributed by atoms with Gasteiger partial charge in [0.25, 0.3) is 0 Å². The average Bonchev–Trinajstić information content (AvgIpc) is 2.86. The average molecular weight is 245 g/mol. The van der Waals surface area contributed by atoms with Crippen molar-refractivity contribution in [3.05, 3.63) is 18.0 Å². The molecule has 3 rings (SSSR count). The van der Waals surface area contributed by atoms with Crippen LogP contribution < -0.4 is 10.5 Å². The molecule has 0 spiro atoms. The lowest BCUT2D eigenvalue weighted by molar-refractivity contribution is 0.420. The minimum absolute atomic E-state index is 0.126. The maximum Gasteiger partial charge on any atom is 0.237 e. The van der Waals surface area contributed by atoms with Crippen molar-refractivity contribution in [2.24, 2.45) is 7.05 Å². The second kappa shape index (κ2) is 3.69. The van der Waals surface area contributed by atoms with Gasteiger partial charge in [-0.15, -0.1) is 0 Å². The predicted molar refractivity (Wildman–Crippen MR) is 64.1 cm³/mol. The number of ether oxygens (including phenoxy) is 1. The van der Waals surface area contributed by atoms with Gasteiger partial charge in [-0.05, 0) is 6.92 Å². The fourth-order valence-electron chi connectivity index (χ4n) is 1.68. The molecule has 0 aromatic carbocycles. The number of fused-ring (bicyclic) bond motifs is 1. The van der Waals surface area contributed by atoms with Gasteiger partial charge < -0.3 is 10.5 Å². The minimum atomic E-state index is 0.126. The molecular weight excluding hydrogens is 234 g/mol. The largest absolute Gasteiger partial charge is 0.420 e. The number of hydrogen-bond donors (Lipinski definition) is 2. The molecule has 8 nitrogen and oxygen atoms in total. The minimum Gasteiger partial charge on any atom is -0.420 e. The maximum atomic E-state index is 5.69. The summed E-state index contributed by atoms with van der Waals surface area (Å²) in [6.07, 6.45) is 1.59. The Bertz CT molecular complexity index is 714. The number of rotatable bonds is 2. The van der Waals surface area contributed by atoms with Gasteiger partial charge in [0.05, 0.1) is 11.9 Å². The van der Waals surface area contributed by atoms with Crippen LogP contribution in [-0.2, 0) is 7.05 Å². The zero-order valence-corrected chi connectivity index (χ0v) is 9.88. The van der Waals surface area contributed by atoms with E-state index in [0.717, 1.165) is 5.69 Å². The number of H-pyrrole nitrogens is 1. The van der Waals surface area contributed by atoms with Crippen LogP contribution in [0.2, 0.25) is 0 Å². The SMILES string of the molecule is Cc1cc(Oc2nc(N)nc3[nH]ncc23)n(C)n1. The van der Waals surface area contributed by atoms with Gasteiger partial charge in [0.1, 0.15) is 5.39 Å². The highest BCUT2D eigenvalue weighted by molar-refractivity contribution is 5.80. The number of aromatic amines is 1. The van der Waals surface area contributed by atoms with Gasteiger partial charge in [0.2, 0.25) is 17.7 Å². The summed E-state index contributed by atoms with van der Waals surface area (Å²) in [5.41, 5.74) is 7.01. The van der Waals surface area contributed by atoms with E-state index in [9.17, 15) is 0 Å². The van der Waals surface area contributed by atoms with Crippen molar-refractivity contribution in [3.8, 4) is 11.8 Å². The van der Waals surface area contributed by atoms with E-state index in [1.54, 1.807) is 17.9 Å². The molecule has 3 aromatic rings. The van der Waals surface area contributed by atoms with E-state index < -0.39 is 0 Å². The van der Waals surface area contributed by atoms with E-state index in [1.807, 2.05) is 13.0 Å². The second-order valence-corrected chi connectivity index (χ2v) is 3.87. The zero-order chi connectivity index (χ0) is 12.7. The van der Waals surface area contributed by atoms with Gasteiger partial charge in [-0.1, -0.05) is 0 Å². The van der Waals surface area contributed by atoms with Crippen molar-refractivity contribution in [2.75, 3.05) is 5.73 Å². The monoisotopic (exact) mass is 245 g/mol. The fourth-order valence-corrected chi connectivity index (χ4v) is 1.68. The third-order valence-electron chi connectivity index (χ3n) is 2.45. The first-order valence-corrected chi connectivity index (χ1v) is 5.28. The third-order valence-corrected chi connectivity index (χ3v) is 2.45. The van der Waals surface area contributed by atoms with Crippen LogP contribution in [0.1, 0.15) is 5.69 Å². The van der Waals surface area contributed by atoms with Crippen molar-refractivity contribution in [1.29, 1.82) is 0 Å². The van der Waals surface area contributed by atoms with Gasteiger partial charge >= 0.3 is 0 Å². The molecule has 0 aliphatic carbocycles. The van der Waals surface area contributed by atoms with E-state index >= 15 is 0 Å². The van der Waals surface area contributed by atoms with Gasteiger partial charge in [0.15, 0.2) is 5.65 Å². The summed E-state index contributed by atoms with van der Waals surface area (Å²) >= 11 is 0. The Labute approximate surface area is 102 Å². The number of nitrogens with two attached hydrogens (primary N) is 1. The number of anilines is 1. The van der Waals surface area contributed by atoms with Crippen LogP contribution in [0.4, 0.5) is 5.95 Å². The summed E-state index contributed by atoms with van der Waals surface area (Å²) in [7, 11) is 1.79. The number of nitrogens with one attached hydrogen (secondary N) is 1. The van der Waals surface area contributed by atoms with E-state index in [1.165, 1.54) is 0 Å². The highest BCUT2D eigenvalue weighted by atomic mass is 16.5. The van der Waals surface area contributed by atoms with Crippen LogP contribution in [0.3, 0.4) is 0 Å². The highest BCUT2D eigenvalue weighted by Crippen LogP contribution is 2.26. The molecule has 0 saturated heterocycles. The predicted octanol–water partition coefficient (Wildman–Crippen LogP) is 0.769. The third kappa shape index (κ3) is 1.63. The van der Waals surface area contributed by atoms with Crippen molar-refractivity contribution in [3.63, 3.8) is 0 Å². The summed E-state index contributed by atoms with van der Waals surface area (Å²) in [5, 5.41) is 11.5. The smallest absolute Gasteiger partial charge is 0.237 e. The lowest BCUT2D eigenvalue weighted by Gasteiger charge is -2.05. The lowest BCUT2D eigenvalue weighted by atomic mass is 10.4. The summed E-state index contributed by atoms with van der Waals surface area (Å²) in [5.74, 6) is 1.06. The quantitative estimate of drug-likeness (QED) is 0.690. The Hall–Kier alpha value is -2.64. The fraction of sp³-hybridized carbons (Fsp3) is 0.200. The van der Waals surface area contributed by atoms with Crippen LogP contribution in [0, 0.1) is 6.92 Å².